The highest BCUT2D eigenvalue weighted by atomic mass is 15.3. The van der Waals surface area contributed by atoms with Crippen LogP contribution in [0.25, 0.3) is 11.3 Å². The molecule has 2 saturated heterocycles. The quantitative estimate of drug-likeness (QED) is 0.921. The Balaban J connectivity index is 1.58. The van der Waals surface area contributed by atoms with Crippen LogP contribution in [0.2, 0.25) is 0 Å². The Morgan fingerprint density at radius 3 is 2.92 bits per heavy atom. The summed E-state index contributed by atoms with van der Waals surface area (Å²) in [6.45, 7) is 7.33. The number of piperidine rings is 2. The maximum absolute atomic E-state index is 4.85. The lowest BCUT2D eigenvalue weighted by Gasteiger charge is -2.41. The van der Waals surface area contributed by atoms with Crippen molar-refractivity contribution in [3.63, 3.8) is 0 Å². The Bertz CT molecular complexity index is 729. The van der Waals surface area contributed by atoms with Crippen LogP contribution in [0.3, 0.4) is 0 Å². The standard InChI is InChI=1S/C19H25N5/c1-13-5-6-16(14(2)22-13)18-7-10-21-19(23-18)24-11-8-17-15(12-24)4-3-9-20-17/h5-7,10,15,17,20H,3-4,8-9,11-12H2,1-2H3/t15-,17+/m1/s1. The van der Waals surface area contributed by atoms with Crippen LogP contribution < -0.4 is 10.2 Å². The third-order valence-electron chi connectivity index (χ3n) is 5.32. The van der Waals surface area contributed by atoms with Gasteiger partial charge in [0.25, 0.3) is 0 Å². The molecular weight excluding hydrogens is 298 g/mol. The van der Waals surface area contributed by atoms with E-state index in [1.807, 2.05) is 32.2 Å². The van der Waals surface area contributed by atoms with Gasteiger partial charge in [0.1, 0.15) is 0 Å². The van der Waals surface area contributed by atoms with Gasteiger partial charge in [0.2, 0.25) is 5.95 Å². The summed E-state index contributed by atoms with van der Waals surface area (Å²) in [4.78, 5) is 16.3. The first kappa shape index (κ1) is 15.5. The van der Waals surface area contributed by atoms with Crippen LogP contribution in [-0.4, -0.2) is 40.6 Å². The molecule has 126 valence electrons. The SMILES string of the molecule is Cc1ccc(-c2ccnc(N3CC[C@@H]4NCCC[C@@H]4C3)n2)c(C)n1. The molecule has 0 radical (unpaired) electrons. The first-order chi connectivity index (χ1) is 11.7. The van der Waals surface area contributed by atoms with Crippen molar-refractivity contribution in [2.75, 3.05) is 24.5 Å². The number of nitrogens with zero attached hydrogens (tertiary/aromatic N) is 4. The highest BCUT2D eigenvalue weighted by Crippen LogP contribution is 2.28. The average molecular weight is 323 g/mol. The number of aryl methyl sites for hydroxylation is 2. The number of hydrogen-bond donors (Lipinski definition) is 1. The Kier molecular flexibility index (Phi) is 4.19. The van der Waals surface area contributed by atoms with Gasteiger partial charge >= 0.3 is 0 Å². The molecule has 2 aromatic rings. The number of rotatable bonds is 2. The second-order valence-corrected chi connectivity index (χ2v) is 7.03. The summed E-state index contributed by atoms with van der Waals surface area (Å²) in [5, 5.41) is 3.67. The van der Waals surface area contributed by atoms with Gasteiger partial charge in [0, 0.05) is 42.3 Å². The van der Waals surface area contributed by atoms with Gasteiger partial charge in [0.15, 0.2) is 0 Å². The van der Waals surface area contributed by atoms with Crippen molar-refractivity contribution < 1.29 is 0 Å². The van der Waals surface area contributed by atoms with Crippen LogP contribution in [0.15, 0.2) is 24.4 Å². The first-order valence-electron chi connectivity index (χ1n) is 8.97. The van der Waals surface area contributed by atoms with Gasteiger partial charge in [-0.1, -0.05) is 0 Å². The van der Waals surface area contributed by atoms with Gasteiger partial charge in [0.05, 0.1) is 5.69 Å². The minimum atomic E-state index is 0.682. The van der Waals surface area contributed by atoms with Crippen LogP contribution in [0.5, 0.6) is 0 Å². The van der Waals surface area contributed by atoms with Crippen LogP contribution in [0, 0.1) is 19.8 Å². The van der Waals surface area contributed by atoms with Gasteiger partial charge in [-0.25, -0.2) is 9.97 Å². The summed E-state index contributed by atoms with van der Waals surface area (Å²) in [5.41, 5.74) is 4.12. The molecule has 0 bridgehead atoms. The van der Waals surface area contributed by atoms with E-state index in [4.69, 9.17) is 4.98 Å². The van der Waals surface area contributed by atoms with E-state index in [0.29, 0.717) is 6.04 Å². The Labute approximate surface area is 143 Å². The van der Waals surface area contributed by atoms with Gasteiger partial charge in [-0.2, -0.15) is 0 Å². The molecule has 0 amide bonds. The smallest absolute Gasteiger partial charge is 0.225 e. The minimum absolute atomic E-state index is 0.682. The maximum Gasteiger partial charge on any atom is 0.225 e. The lowest BCUT2D eigenvalue weighted by Crippen LogP contribution is -2.52. The van der Waals surface area contributed by atoms with Crippen molar-refractivity contribution in [3.05, 3.63) is 35.8 Å². The molecular formula is C19H25N5. The van der Waals surface area contributed by atoms with Crippen LogP contribution >= 0.6 is 0 Å². The number of anilines is 1. The Hall–Kier alpha value is -2.01. The molecule has 24 heavy (non-hydrogen) atoms. The summed E-state index contributed by atoms with van der Waals surface area (Å²) < 4.78 is 0. The van der Waals surface area contributed by atoms with Crippen molar-refractivity contribution in [1.29, 1.82) is 0 Å². The molecule has 2 fully saturated rings. The molecule has 2 aromatic heterocycles. The summed E-state index contributed by atoms with van der Waals surface area (Å²) >= 11 is 0. The van der Waals surface area contributed by atoms with E-state index >= 15 is 0 Å². The molecule has 4 heterocycles. The fourth-order valence-electron chi connectivity index (χ4n) is 4.03. The van der Waals surface area contributed by atoms with E-state index in [0.717, 1.165) is 47.6 Å². The molecule has 5 heteroatoms. The second kappa shape index (κ2) is 6.48. The molecule has 0 saturated carbocycles. The molecule has 5 nitrogen and oxygen atoms in total. The molecule has 2 aliphatic rings. The van der Waals surface area contributed by atoms with Crippen LogP contribution in [-0.2, 0) is 0 Å². The van der Waals surface area contributed by atoms with Crippen molar-refractivity contribution in [2.45, 2.75) is 39.2 Å². The van der Waals surface area contributed by atoms with E-state index < -0.39 is 0 Å². The zero-order valence-corrected chi connectivity index (χ0v) is 14.5. The summed E-state index contributed by atoms with van der Waals surface area (Å²) in [6, 6.07) is 6.82. The van der Waals surface area contributed by atoms with Gasteiger partial charge in [-0.05, 0) is 63.8 Å². The molecule has 2 atom stereocenters. The van der Waals surface area contributed by atoms with Crippen molar-refractivity contribution in [2.24, 2.45) is 5.92 Å². The third kappa shape index (κ3) is 3.00. The second-order valence-electron chi connectivity index (χ2n) is 7.03. The largest absolute Gasteiger partial charge is 0.340 e. The molecule has 0 aliphatic carbocycles. The predicted molar refractivity (Wildman–Crippen MR) is 96.1 cm³/mol. The fourth-order valence-corrected chi connectivity index (χ4v) is 4.03. The molecule has 0 unspecified atom stereocenters. The molecule has 4 rings (SSSR count). The lowest BCUT2D eigenvalue weighted by molar-refractivity contribution is 0.243. The summed E-state index contributed by atoms with van der Waals surface area (Å²) in [6.07, 6.45) is 5.66. The fraction of sp³-hybridized carbons (Fsp3) is 0.526. The van der Waals surface area contributed by atoms with Crippen molar-refractivity contribution in [1.82, 2.24) is 20.3 Å². The topological polar surface area (TPSA) is 53.9 Å². The maximum atomic E-state index is 4.85. The van der Waals surface area contributed by atoms with E-state index in [9.17, 15) is 0 Å². The number of nitrogens with one attached hydrogen (secondary N) is 1. The predicted octanol–water partition coefficient (Wildman–Crippen LogP) is 2.73. The third-order valence-corrected chi connectivity index (χ3v) is 5.32. The number of hydrogen-bond acceptors (Lipinski definition) is 5. The molecule has 0 spiro atoms. The molecule has 0 aromatic carbocycles. The molecule has 2 aliphatic heterocycles. The number of fused-ring (bicyclic) bond motifs is 1. The van der Waals surface area contributed by atoms with Gasteiger partial charge in [-0.15, -0.1) is 0 Å². The first-order valence-corrected chi connectivity index (χ1v) is 8.97. The normalized spacial score (nSPS) is 23.8. The van der Waals surface area contributed by atoms with E-state index in [-0.39, 0.29) is 0 Å². The highest BCUT2D eigenvalue weighted by molar-refractivity contribution is 5.62. The highest BCUT2D eigenvalue weighted by Gasteiger charge is 2.31. The average Bonchev–Trinajstić information content (AvgIpc) is 2.61. The summed E-state index contributed by atoms with van der Waals surface area (Å²) in [5.74, 6) is 1.58. The number of aromatic nitrogens is 3. The van der Waals surface area contributed by atoms with E-state index in [1.54, 1.807) is 0 Å². The zero-order valence-electron chi connectivity index (χ0n) is 14.5. The number of pyridine rings is 1. The minimum Gasteiger partial charge on any atom is -0.340 e. The Morgan fingerprint density at radius 2 is 2.04 bits per heavy atom. The van der Waals surface area contributed by atoms with Crippen LogP contribution in [0.4, 0.5) is 5.95 Å². The van der Waals surface area contributed by atoms with Gasteiger partial charge < -0.3 is 10.2 Å². The summed E-state index contributed by atoms with van der Waals surface area (Å²) in [7, 11) is 0. The monoisotopic (exact) mass is 323 g/mol. The van der Waals surface area contributed by atoms with Crippen molar-refractivity contribution in [3.8, 4) is 11.3 Å². The van der Waals surface area contributed by atoms with Crippen molar-refractivity contribution >= 4 is 5.95 Å². The Morgan fingerprint density at radius 1 is 1.12 bits per heavy atom. The van der Waals surface area contributed by atoms with E-state index in [2.05, 4.69) is 26.3 Å². The zero-order chi connectivity index (χ0) is 16.5. The van der Waals surface area contributed by atoms with E-state index in [1.165, 1.54) is 25.8 Å². The van der Waals surface area contributed by atoms with Crippen LogP contribution in [0.1, 0.15) is 30.7 Å². The molecule has 1 N–H and O–H groups in total. The lowest BCUT2D eigenvalue weighted by atomic mass is 9.85. The van der Waals surface area contributed by atoms with Gasteiger partial charge in [-0.3, -0.25) is 4.98 Å².